The van der Waals surface area contributed by atoms with Crippen molar-refractivity contribution in [1.29, 1.82) is 0 Å². The van der Waals surface area contributed by atoms with Crippen LogP contribution in [0.15, 0.2) is 0 Å². The van der Waals surface area contributed by atoms with E-state index in [-0.39, 0.29) is 0 Å². The molecule has 0 aromatic rings. The predicted octanol–water partition coefficient (Wildman–Crippen LogP) is 4.18. The molecule has 0 spiro atoms. The lowest BCUT2D eigenvalue weighted by Gasteiger charge is -2.32. The Morgan fingerprint density at radius 1 is 1.12 bits per heavy atom. The Morgan fingerprint density at radius 2 is 1.69 bits per heavy atom. The third kappa shape index (κ3) is 6.80. The van der Waals surface area contributed by atoms with Gasteiger partial charge in [0.1, 0.15) is 0 Å². The van der Waals surface area contributed by atoms with Crippen molar-refractivity contribution >= 4 is 11.8 Å². The number of nitrogens with one attached hydrogen (secondary N) is 1. The molecule has 0 radical (unpaired) electrons. The largest absolute Gasteiger partial charge is 0.313 e. The van der Waals surface area contributed by atoms with Crippen LogP contribution >= 0.6 is 11.8 Å². The van der Waals surface area contributed by atoms with Gasteiger partial charge < -0.3 is 5.32 Å². The average Bonchev–Trinajstić information content (AvgIpc) is 2.15. The van der Waals surface area contributed by atoms with Crippen LogP contribution in [-0.2, 0) is 0 Å². The second-order valence-electron chi connectivity index (χ2n) is 6.16. The minimum atomic E-state index is 0.360. The summed E-state index contributed by atoms with van der Waals surface area (Å²) in [6.45, 7) is 17.3. The predicted molar refractivity (Wildman–Crippen MR) is 78.3 cm³/mol. The Labute approximate surface area is 107 Å². The van der Waals surface area contributed by atoms with E-state index in [1.54, 1.807) is 0 Å². The standard InChI is InChI=1S/C14H31NS/c1-8-9-15-13(14(5,6)7)10-16-12(4)11(2)3/h11-13,15H,8-10H2,1-7H3. The van der Waals surface area contributed by atoms with Crippen LogP contribution < -0.4 is 5.32 Å². The van der Waals surface area contributed by atoms with Crippen molar-refractivity contribution in [2.45, 2.75) is 66.2 Å². The Balaban J connectivity index is 4.12. The molecular formula is C14H31NS. The molecular weight excluding hydrogens is 214 g/mol. The van der Waals surface area contributed by atoms with Crippen LogP contribution in [0.25, 0.3) is 0 Å². The van der Waals surface area contributed by atoms with Gasteiger partial charge in [0.25, 0.3) is 0 Å². The van der Waals surface area contributed by atoms with Crippen LogP contribution in [0.2, 0.25) is 0 Å². The van der Waals surface area contributed by atoms with E-state index >= 15 is 0 Å². The fraction of sp³-hybridized carbons (Fsp3) is 1.00. The molecule has 2 unspecified atom stereocenters. The number of rotatable bonds is 7. The van der Waals surface area contributed by atoms with E-state index in [9.17, 15) is 0 Å². The van der Waals surface area contributed by atoms with E-state index in [2.05, 4.69) is 65.5 Å². The first-order valence-electron chi connectivity index (χ1n) is 6.64. The molecule has 0 saturated carbocycles. The van der Waals surface area contributed by atoms with Crippen LogP contribution in [0.4, 0.5) is 0 Å². The molecule has 98 valence electrons. The van der Waals surface area contributed by atoms with E-state index < -0.39 is 0 Å². The number of hydrogen-bond acceptors (Lipinski definition) is 2. The van der Waals surface area contributed by atoms with Crippen molar-refractivity contribution in [2.75, 3.05) is 12.3 Å². The summed E-state index contributed by atoms with van der Waals surface area (Å²) in [5.41, 5.74) is 0.360. The van der Waals surface area contributed by atoms with Crippen LogP contribution in [0, 0.1) is 11.3 Å². The van der Waals surface area contributed by atoms with E-state index in [1.807, 2.05) is 0 Å². The van der Waals surface area contributed by atoms with Gasteiger partial charge in [-0.2, -0.15) is 11.8 Å². The first-order valence-corrected chi connectivity index (χ1v) is 7.68. The minimum absolute atomic E-state index is 0.360. The van der Waals surface area contributed by atoms with Crippen molar-refractivity contribution in [3.8, 4) is 0 Å². The molecule has 2 atom stereocenters. The molecule has 0 fully saturated rings. The SMILES string of the molecule is CCCNC(CSC(C)C(C)C)C(C)(C)C. The van der Waals surface area contributed by atoms with Gasteiger partial charge in [-0.15, -0.1) is 0 Å². The zero-order valence-electron chi connectivity index (χ0n) is 12.3. The topological polar surface area (TPSA) is 12.0 Å². The van der Waals surface area contributed by atoms with E-state index in [0.717, 1.165) is 17.7 Å². The molecule has 1 nitrogen and oxygen atoms in total. The average molecular weight is 245 g/mol. The molecule has 0 saturated heterocycles. The second kappa shape index (κ2) is 7.60. The highest BCUT2D eigenvalue weighted by atomic mass is 32.2. The maximum absolute atomic E-state index is 3.68. The molecule has 2 heteroatoms. The van der Waals surface area contributed by atoms with Crippen LogP contribution in [0.1, 0.15) is 54.9 Å². The molecule has 0 heterocycles. The van der Waals surface area contributed by atoms with Gasteiger partial charge in [0.15, 0.2) is 0 Å². The summed E-state index contributed by atoms with van der Waals surface area (Å²) in [7, 11) is 0. The smallest absolute Gasteiger partial charge is 0.0206 e. The molecule has 0 aromatic carbocycles. The van der Waals surface area contributed by atoms with Crippen molar-refractivity contribution in [3.05, 3.63) is 0 Å². The molecule has 0 bridgehead atoms. The molecule has 0 aliphatic carbocycles. The van der Waals surface area contributed by atoms with Crippen LogP contribution in [-0.4, -0.2) is 23.6 Å². The van der Waals surface area contributed by atoms with Gasteiger partial charge in [0, 0.05) is 17.0 Å². The molecule has 1 N–H and O–H groups in total. The molecule has 16 heavy (non-hydrogen) atoms. The third-order valence-electron chi connectivity index (χ3n) is 3.15. The van der Waals surface area contributed by atoms with Crippen molar-refractivity contribution in [2.24, 2.45) is 11.3 Å². The quantitative estimate of drug-likeness (QED) is 0.722. The van der Waals surface area contributed by atoms with E-state index in [1.165, 1.54) is 12.2 Å². The zero-order valence-corrected chi connectivity index (χ0v) is 13.1. The van der Waals surface area contributed by atoms with Crippen LogP contribution in [0.5, 0.6) is 0 Å². The maximum atomic E-state index is 3.68. The summed E-state index contributed by atoms with van der Waals surface area (Å²) in [6, 6.07) is 0.624. The highest BCUT2D eigenvalue weighted by Gasteiger charge is 2.24. The first kappa shape index (κ1) is 16.3. The van der Waals surface area contributed by atoms with E-state index in [0.29, 0.717) is 11.5 Å². The van der Waals surface area contributed by atoms with Gasteiger partial charge in [-0.1, -0.05) is 48.5 Å². The lowest BCUT2D eigenvalue weighted by atomic mass is 9.88. The maximum Gasteiger partial charge on any atom is 0.0206 e. The highest BCUT2D eigenvalue weighted by Crippen LogP contribution is 2.26. The van der Waals surface area contributed by atoms with Crippen molar-refractivity contribution < 1.29 is 0 Å². The fourth-order valence-corrected chi connectivity index (χ4v) is 2.87. The molecule has 0 aliphatic heterocycles. The summed E-state index contributed by atoms with van der Waals surface area (Å²) in [6.07, 6.45) is 1.22. The van der Waals surface area contributed by atoms with Crippen molar-refractivity contribution in [3.63, 3.8) is 0 Å². The van der Waals surface area contributed by atoms with Gasteiger partial charge in [-0.25, -0.2) is 0 Å². The Morgan fingerprint density at radius 3 is 2.06 bits per heavy atom. The lowest BCUT2D eigenvalue weighted by molar-refractivity contribution is 0.291. The van der Waals surface area contributed by atoms with E-state index in [4.69, 9.17) is 0 Å². The normalized spacial score (nSPS) is 16.5. The Kier molecular flexibility index (Phi) is 7.75. The van der Waals surface area contributed by atoms with Crippen molar-refractivity contribution in [1.82, 2.24) is 5.32 Å². The first-order chi connectivity index (χ1) is 7.29. The number of hydrogen-bond donors (Lipinski definition) is 1. The molecule has 0 amide bonds. The fourth-order valence-electron chi connectivity index (χ4n) is 1.37. The monoisotopic (exact) mass is 245 g/mol. The minimum Gasteiger partial charge on any atom is -0.313 e. The second-order valence-corrected chi connectivity index (χ2v) is 7.57. The summed E-state index contributed by atoms with van der Waals surface area (Å²) in [5, 5.41) is 4.44. The Bertz CT molecular complexity index is 172. The van der Waals surface area contributed by atoms with Gasteiger partial charge in [-0.3, -0.25) is 0 Å². The summed E-state index contributed by atoms with van der Waals surface area (Å²) >= 11 is 2.11. The Hall–Kier alpha value is 0.310. The van der Waals surface area contributed by atoms with Gasteiger partial charge >= 0.3 is 0 Å². The summed E-state index contributed by atoms with van der Waals surface area (Å²) in [5.74, 6) is 2.00. The van der Waals surface area contributed by atoms with Gasteiger partial charge in [-0.05, 0) is 24.3 Å². The molecule has 0 rings (SSSR count). The third-order valence-corrected chi connectivity index (χ3v) is 4.75. The summed E-state index contributed by atoms with van der Waals surface area (Å²) < 4.78 is 0. The molecule has 0 aromatic heterocycles. The van der Waals surface area contributed by atoms with Gasteiger partial charge in [0.05, 0.1) is 0 Å². The zero-order chi connectivity index (χ0) is 12.8. The summed E-state index contributed by atoms with van der Waals surface area (Å²) in [4.78, 5) is 0. The lowest BCUT2D eigenvalue weighted by Crippen LogP contribution is -2.43. The molecule has 0 aliphatic rings. The van der Waals surface area contributed by atoms with Crippen LogP contribution in [0.3, 0.4) is 0 Å². The van der Waals surface area contributed by atoms with Gasteiger partial charge in [0.2, 0.25) is 0 Å². The highest BCUT2D eigenvalue weighted by molar-refractivity contribution is 7.99. The number of thioether (sulfide) groups is 1.